The highest BCUT2D eigenvalue weighted by atomic mass is 32.1. The number of fused-ring (bicyclic) bond motifs is 1. The van der Waals surface area contributed by atoms with Gasteiger partial charge in [-0.25, -0.2) is 0 Å². The lowest BCUT2D eigenvalue weighted by molar-refractivity contribution is 0.159. The third kappa shape index (κ3) is 2.74. The van der Waals surface area contributed by atoms with Crippen LogP contribution in [0.2, 0.25) is 0 Å². The van der Waals surface area contributed by atoms with Crippen molar-refractivity contribution in [3.8, 4) is 6.07 Å². The SMILES string of the molecule is CCCC1=NC2C(C#N)C(C)N(S)N2C(c2ccc(C)cc2C)=C1. The molecular weight excluding hydrogens is 316 g/mol. The summed E-state index contributed by atoms with van der Waals surface area (Å²) in [5.41, 5.74) is 5.82. The van der Waals surface area contributed by atoms with Crippen molar-refractivity contribution in [3.05, 3.63) is 41.0 Å². The molecule has 1 saturated heterocycles. The first-order valence-corrected chi connectivity index (χ1v) is 8.90. The lowest BCUT2D eigenvalue weighted by atomic mass is 9.97. The zero-order valence-corrected chi connectivity index (χ0v) is 15.6. The molecule has 1 aromatic carbocycles. The molecule has 0 amide bonds. The van der Waals surface area contributed by atoms with Crippen LogP contribution in [-0.4, -0.2) is 27.3 Å². The highest BCUT2D eigenvalue weighted by molar-refractivity contribution is 7.77. The molecule has 0 saturated carbocycles. The number of nitrogens with zero attached hydrogens (tertiary/aromatic N) is 4. The molecule has 1 fully saturated rings. The fraction of sp³-hybridized carbons (Fsp3) is 0.474. The fourth-order valence-corrected chi connectivity index (χ4v) is 3.90. The molecule has 1 aromatic rings. The maximum atomic E-state index is 9.63. The van der Waals surface area contributed by atoms with E-state index in [-0.39, 0.29) is 18.1 Å². The van der Waals surface area contributed by atoms with Crippen LogP contribution in [-0.2, 0) is 0 Å². The van der Waals surface area contributed by atoms with Crippen molar-refractivity contribution >= 4 is 24.2 Å². The largest absolute Gasteiger partial charge is 0.270 e. The Kier molecular flexibility index (Phi) is 4.71. The Morgan fingerprint density at radius 1 is 1.33 bits per heavy atom. The Morgan fingerprint density at radius 3 is 2.71 bits per heavy atom. The predicted molar refractivity (Wildman–Crippen MR) is 101 cm³/mol. The van der Waals surface area contributed by atoms with Gasteiger partial charge in [0.2, 0.25) is 0 Å². The molecule has 0 N–H and O–H groups in total. The number of rotatable bonds is 3. The van der Waals surface area contributed by atoms with E-state index in [4.69, 9.17) is 4.99 Å². The Balaban J connectivity index is 2.12. The number of benzene rings is 1. The smallest absolute Gasteiger partial charge is 0.154 e. The van der Waals surface area contributed by atoms with Crippen molar-refractivity contribution in [2.45, 2.75) is 52.7 Å². The summed E-state index contributed by atoms with van der Waals surface area (Å²) in [6, 6.07) is 8.94. The second-order valence-electron chi connectivity index (χ2n) is 6.69. The normalized spacial score (nSPS) is 26.7. The van der Waals surface area contributed by atoms with E-state index in [1.54, 1.807) is 0 Å². The van der Waals surface area contributed by atoms with Gasteiger partial charge in [0.1, 0.15) is 5.92 Å². The number of hydrogen-bond acceptors (Lipinski definition) is 5. The molecule has 126 valence electrons. The molecule has 0 aromatic heterocycles. The molecule has 0 radical (unpaired) electrons. The van der Waals surface area contributed by atoms with Gasteiger partial charge in [-0.2, -0.15) is 9.68 Å². The first-order valence-electron chi connectivity index (χ1n) is 8.50. The summed E-state index contributed by atoms with van der Waals surface area (Å²) in [4.78, 5) is 4.86. The van der Waals surface area contributed by atoms with Gasteiger partial charge in [-0.1, -0.05) is 49.9 Å². The van der Waals surface area contributed by atoms with Gasteiger partial charge in [0.05, 0.1) is 17.8 Å². The Morgan fingerprint density at radius 2 is 2.08 bits per heavy atom. The molecule has 3 rings (SSSR count). The molecule has 2 aliphatic heterocycles. The second kappa shape index (κ2) is 6.62. The molecule has 2 heterocycles. The second-order valence-corrected chi connectivity index (χ2v) is 7.10. The topological polar surface area (TPSA) is 42.6 Å². The quantitative estimate of drug-likeness (QED) is 0.841. The van der Waals surface area contributed by atoms with Crippen LogP contribution < -0.4 is 0 Å². The minimum Gasteiger partial charge on any atom is -0.270 e. The minimum absolute atomic E-state index is 0.0159. The molecule has 2 aliphatic rings. The lowest BCUT2D eigenvalue weighted by Gasteiger charge is -2.35. The van der Waals surface area contributed by atoms with Gasteiger partial charge in [-0.3, -0.25) is 10.0 Å². The highest BCUT2D eigenvalue weighted by Crippen LogP contribution is 2.41. The van der Waals surface area contributed by atoms with E-state index in [0.29, 0.717) is 0 Å². The van der Waals surface area contributed by atoms with Crippen LogP contribution in [0.5, 0.6) is 0 Å². The summed E-state index contributed by atoms with van der Waals surface area (Å²) >= 11 is 4.67. The first kappa shape index (κ1) is 17.1. The number of aryl methyl sites for hydroxylation is 2. The average molecular weight is 340 g/mol. The predicted octanol–water partition coefficient (Wildman–Crippen LogP) is 4.13. The van der Waals surface area contributed by atoms with Crippen molar-refractivity contribution in [1.82, 2.24) is 9.42 Å². The van der Waals surface area contributed by atoms with Crippen LogP contribution in [0.25, 0.3) is 5.70 Å². The Labute approximate surface area is 150 Å². The molecule has 0 aliphatic carbocycles. The third-order valence-corrected chi connectivity index (χ3v) is 5.39. The van der Waals surface area contributed by atoms with Gasteiger partial charge >= 0.3 is 0 Å². The van der Waals surface area contributed by atoms with Crippen LogP contribution in [0.3, 0.4) is 0 Å². The summed E-state index contributed by atoms with van der Waals surface area (Å²) in [7, 11) is 0. The third-order valence-electron chi connectivity index (χ3n) is 4.84. The van der Waals surface area contributed by atoms with Crippen LogP contribution in [0, 0.1) is 31.1 Å². The van der Waals surface area contributed by atoms with Gasteiger partial charge in [0, 0.05) is 11.3 Å². The van der Waals surface area contributed by atoms with Gasteiger partial charge in [-0.05, 0) is 38.8 Å². The monoisotopic (exact) mass is 340 g/mol. The van der Waals surface area contributed by atoms with E-state index in [1.165, 1.54) is 16.7 Å². The molecule has 3 unspecified atom stereocenters. The maximum Gasteiger partial charge on any atom is 0.154 e. The van der Waals surface area contributed by atoms with Crippen molar-refractivity contribution in [1.29, 1.82) is 5.26 Å². The molecule has 24 heavy (non-hydrogen) atoms. The number of aliphatic imine (C=N–C) groups is 1. The molecule has 4 nitrogen and oxygen atoms in total. The summed E-state index contributed by atoms with van der Waals surface area (Å²) in [6.07, 6.45) is 3.94. The van der Waals surface area contributed by atoms with E-state index in [0.717, 1.165) is 24.3 Å². The van der Waals surface area contributed by atoms with E-state index in [1.807, 2.05) is 11.3 Å². The molecular formula is C19H24N4S. The van der Waals surface area contributed by atoms with E-state index >= 15 is 0 Å². The van der Waals surface area contributed by atoms with Crippen molar-refractivity contribution < 1.29 is 0 Å². The average Bonchev–Trinajstić information content (AvgIpc) is 2.78. The highest BCUT2D eigenvalue weighted by Gasteiger charge is 2.47. The summed E-state index contributed by atoms with van der Waals surface area (Å²) in [5, 5.41) is 11.7. The fourth-order valence-electron chi connectivity index (χ4n) is 3.55. The van der Waals surface area contributed by atoms with Crippen LogP contribution in [0.15, 0.2) is 29.3 Å². The Hall–Kier alpha value is -1.77. The van der Waals surface area contributed by atoms with Crippen molar-refractivity contribution in [2.24, 2.45) is 10.9 Å². The summed E-state index contributed by atoms with van der Waals surface area (Å²) in [6.45, 7) is 8.43. The number of hydrazine groups is 1. The molecule has 0 bridgehead atoms. The maximum absolute atomic E-state index is 9.63. The van der Waals surface area contributed by atoms with E-state index in [2.05, 4.69) is 68.9 Å². The summed E-state index contributed by atoms with van der Waals surface area (Å²) in [5.74, 6) is -0.191. The van der Waals surface area contributed by atoms with Crippen molar-refractivity contribution in [3.63, 3.8) is 0 Å². The van der Waals surface area contributed by atoms with Crippen LogP contribution >= 0.6 is 12.8 Å². The number of hydrogen-bond donors (Lipinski definition) is 1. The van der Waals surface area contributed by atoms with Crippen LogP contribution in [0.1, 0.15) is 43.4 Å². The molecule has 5 heteroatoms. The Bertz CT molecular complexity index is 746. The van der Waals surface area contributed by atoms with Gasteiger partial charge in [-0.15, -0.1) is 0 Å². The van der Waals surface area contributed by atoms with Crippen molar-refractivity contribution in [2.75, 3.05) is 0 Å². The summed E-state index contributed by atoms with van der Waals surface area (Å²) < 4.78 is 1.87. The standard InChI is InChI=1S/C19H24N4S/c1-5-6-15-10-18(16-8-7-12(2)9-13(16)3)22-19(21-15)17(11-20)14(4)23(22)24/h7-10,14,17,19,24H,5-6H2,1-4H3. The lowest BCUT2D eigenvalue weighted by Crippen LogP contribution is -2.38. The van der Waals surface area contributed by atoms with E-state index < -0.39 is 0 Å². The zero-order chi connectivity index (χ0) is 17.4. The number of allylic oxidation sites excluding steroid dienone is 1. The number of thiol groups is 1. The zero-order valence-electron chi connectivity index (χ0n) is 14.7. The minimum atomic E-state index is -0.191. The first-order chi connectivity index (χ1) is 11.5. The molecule has 0 spiro atoms. The van der Waals surface area contributed by atoms with Gasteiger partial charge < -0.3 is 0 Å². The van der Waals surface area contributed by atoms with E-state index in [9.17, 15) is 5.26 Å². The molecule has 3 atom stereocenters. The van der Waals surface area contributed by atoms with Crippen LogP contribution in [0.4, 0.5) is 0 Å². The van der Waals surface area contributed by atoms with Gasteiger partial charge in [0.15, 0.2) is 6.17 Å². The number of nitriles is 1. The van der Waals surface area contributed by atoms with Gasteiger partial charge in [0.25, 0.3) is 0 Å².